The van der Waals surface area contributed by atoms with Gasteiger partial charge in [-0.05, 0) is 31.1 Å². The van der Waals surface area contributed by atoms with Crippen molar-refractivity contribution in [3.8, 4) is 0 Å². The van der Waals surface area contributed by atoms with Gasteiger partial charge in [0, 0.05) is 6.08 Å². The minimum Gasteiger partial charge on any atom is -0.394 e. The summed E-state index contributed by atoms with van der Waals surface area (Å²) in [6.07, 6.45) is -3.51. The SMILES string of the molecule is C/C(=C\C(=O)NC(C)(CO)CO)c1ccccc1C(F)(F)F. The summed E-state index contributed by atoms with van der Waals surface area (Å²) in [4.78, 5) is 11.8. The number of carbonyl (C=O) groups is 1. The molecule has 0 spiro atoms. The predicted octanol–water partition coefficient (Wildman–Crippen LogP) is 1.97. The summed E-state index contributed by atoms with van der Waals surface area (Å²) >= 11 is 0. The van der Waals surface area contributed by atoms with Gasteiger partial charge in [0.15, 0.2) is 0 Å². The first-order valence-electron chi connectivity index (χ1n) is 6.52. The minimum absolute atomic E-state index is 0.0974. The molecule has 0 aliphatic carbocycles. The lowest BCUT2D eigenvalue weighted by atomic mass is 9.99. The van der Waals surface area contributed by atoms with Crippen LogP contribution in [0.4, 0.5) is 13.2 Å². The molecule has 0 heterocycles. The molecule has 3 N–H and O–H groups in total. The Balaban J connectivity index is 3.06. The van der Waals surface area contributed by atoms with Crippen molar-refractivity contribution in [2.45, 2.75) is 25.6 Å². The van der Waals surface area contributed by atoms with Crippen LogP contribution >= 0.6 is 0 Å². The second kappa shape index (κ2) is 6.93. The van der Waals surface area contributed by atoms with Gasteiger partial charge in [-0.15, -0.1) is 0 Å². The van der Waals surface area contributed by atoms with E-state index in [9.17, 15) is 18.0 Å². The lowest BCUT2D eigenvalue weighted by Gasteiger charge is -2.25. The Labute approximate surface area is 126 Å². The number of halogens is 3. The van der Waals surface area contributed by atoms with Crippen molar-refractivity contribution in [2.24, 2.45) is 0 Å². The van der Waals surface area contributed by atoms with Crippen LogP contribution in [0.25, 0.3) is 5.57 Å². The number of alkyl halides is 3. The van der Waals surface area contributed by atoms with Gasteiger partial charge in [0.25, 0.3) is 0 Å². The molecule has 1 rings (SSSR count). The van der Waals surface area contributed by atoms with E-state index < -0.39 is 36.4 Å². The summed E-state index contributed by atoms with van der Waals surface area (Å²) in [5.41, 5.74) is -2.04. The smallest absolute Gasteiger partial charge is 0.394 e. The molecular formula is C15H18F3NO3. The number of aliphatic hydroxyl groups is 2. The molecule has 122 valence electrons. The molecule has 0 saturated heterocycles. The highest BCUT2D eigenvalue weighted by molar-refractivity contribution is 5.95. The Morgan fingerprint density at radius 2 is 1.77 bits per heavy atom. The second-order valence-electron chi connectivity index (χ2n) is 5.24. The van der Waals surface area contributed by atoms with Crippen molar-refractivity contribution >= 4 is 11.5 Å². The van der Waals surface area contributed by atoms with Crippen LogP contribution in [-0.2, 0) is 11.0 Å². The predicted molar refractivity (Wildman–Crippen MR) is 75.8 cm³/mol. The molecule has 22 heavy (non-hydrogen) atoms. The number of allylic oxidation sites excluding steroid dienone is 1. The van der Waals surface area contributed by atoms with Gasteiger partial charge in [0.2, 0.25) is 5.91 Å². The Kier molecular flexibility index (Phi) is 5.73. The van der Waals surface area contributed by atoms with E-state index in [2.05, 4.69) is 5.32 Å². The molecule has 1 aromatic carbocycles. The van der Waals surface area contributed by atoms with Crippen LogP contribution in [0.15, 0.2) is 30.3 Å². The van der Waals surface area contributed by atoms with Crippen molar-refractivity contribution in [3.63, 3.8) is 0 Å². The highest BCUT2D eigenvalue weighted by atomic mass is 19.4. The van der Waals surface area contributed by atoms with Crippen molar-refractivity contribution in [1.82, 2.24) is 5.32 Å². The lowest BCUT2D eigenvalue weighted by molar-refractivity contribution is -0.137. The van der Waals surface area contributed by atoms with Crippen molar-refractivity contribution in [3.05, 3.63) is 41.5 Å². The van der Waals surface area contributed by atoms with Crippen LogP contribution in [-0.4, -0.2) is 34.9 Å². The number of hydrogen-bond acceptors (Lipinski definition) is 3. The molecule has 0 aromatic heterocycles. The van der Waals surface area contributed by atoms with E-state index >= 15 is 0 Å². The molecule has 0 saturated carbocycles. The number of benzene rings is 1. The Morgan fingerprint density at radius 1 is 1.23 bits per heavy atom. The zero-order chi connectivity index (χ0) is 17.0. The average Bonchev–Trinajstić information content (AvgIpc) is 2.46. The minimum atomic E-state index is -4.52. The number of rotatable bonds is 5. The highest BCUT2D eigenvalue weighted by Crippen LogP contribution is 2.34. The molecule has 0 radical (unpaired) electrons. The fraction of sp³-hybridized carbons (Fsp3) is 0.400. The van der Waals surface area contributed by atoms with Crippen LogP contribution in [0.3, 0.4) is 0 Å². The van der Waals surface area contributed by atoms with Gasteiger partial charge in [-0.25, -0.2) is 0 Å². The summed E-state index contributed by atoms with van der Waals surface area (Å²) < 4.78 is 38.8. The monoisotopic (exact) mass is 317 g/mol. The molecule has 4 nitrogen and oxygen atoms in total. The number of carbonyl (C=O) groups excluding carboxylic acids is 1. The summed E-state index contributed by atoms with van der Waals surface area (Å²) in [5, 5.41) is 20.5. The number of aliphatic hydroxyl groups excluding tert-OH is 2. The third-order valence-corrected chi connectivity index (χ3v) is 3.13. The van der Waals surface area contributed by atoms with Crippen LogP contribution in [0.1, 0.15) is 25.0 Å². The summed E-state index contributed by atoms with van der Waals surface area (Å²) in [6.45, 7) is 1.81. The molecule has 0 bridgehead atoms. The van der Waals surface area contributed by atoms with E-state index in [-0.39, 0.29) is 11.1 Å². The zero-order valence-corrected chi connectivity index (χ0v) is 12.2. The Bertz CT molecular complexity index is 563. The van der Waals surface area contributed by atoms with Gasteiger partial charge in [0.05, 0.1) is 24.3 Å². The molecule has 1 aromatic rings. The van der Waals surface area contributed by atoms with Gasteiger partial charge < -0.3 is 15.5 Å². The van der Waals surface area contributed by atoms with Crippen molar-refractivity contribution in [1.29, 1.82) is 0 Å². The molecule has 0 unspecified atom stereocenters. The summed E-state index contributed by atoms with van der Waals surface area (Å²) in [6, 6.07) is 4.94. The average molecular weight is 317 g/mol. The maximum absolute atomic E-state index is 12.9. The lowest BCUT2D eigenvalue weighted by Crippen LogP contribution is -2.51. The number of nitrogens with one attached hydrogen (secondary N) is 1. The van der Waals surface area contributed by atoms with E-state index in [0.29, 0.717) is 0 Å². The molecule has 0 aliphatic heterocycles. The third-order valence-electron chi connectivity index (χ3n) is 3.13. The van der Waals surface area contributed by atoms with E-state index in [1.54, 1.807) is 0 Å². The van der Waals surface area contributed by atoms with Crippen LogP contribution in [0.5, 0.6) is 0 Å². The maximum Gasteiger partial charge on any atom is 0.416 e. The van der Waals surface area contributed by atoms with E-state index in [4.69, 9.17) is 10.2 Å². The molecule has 0 atom stereocenters. The molecule has 0 aliphatic rings. The summed E-state index contributed by atoms with van der Waals surface area (Å²) in [7, 11) is 0. The zero-order valence-electron chi connectivity index (χ0n) is 12.2. The molecule has 1 amide bonds. The highest BCUT2D eigenvalue weighted by Gasteiger charge is 2.33. The van der Waals surface area contributed by atoms with Gasteiger partial charge in [0.1, 0.15) is 0 Å². The van der Waals surface area contributed by atoms with E-state index in [1.165, 1.54) is 32.0 Å². The fourth-order valence-corrected chi connectivity index (χ4v) is 1.81. The van der Waals surface area contributed by atoms with Crippen LogP contribution in [0.2, 0.25) is 0 Å². The third kappa shape index (κ3) is 4.57. The summed E-state index contributed by atoms with van der Waals surface area (Å²) in [5.74, 6) is -0.694. The fourth-order valence-electron chi connectivity index (χ4n) is 1.81. The van der Waals surface area contributed by atoms with Crippen LogP contribution in [0, 0.1) is 0 Å². The molecule has 7 heteroatoms. The Hall–Kier alpha value is -1.86. The number of hydrogen-bond donors (Lipinski definition) is 3. The van der Waals surface area contributed by atoms with Crippen molar-refractivity contribution in [2.75, 3.05) is 13.2 Å². The Morgan fingerprint density at radius 3 is 2.27 bits per heavy atom. The molecular weight excluding hydrogens is 299 g/mol. The van der Waals surface area contributed by atoms with Crippen molar-refractivity contribution < 1.29 is 28.2 Å². The first-order chi connectivity index (χ1) is 10.1. The second-order valence-corrected chi connectivity index (χ2v) is 5.24. The van der Waals surface area contributed by atoms with Gasteiger partial charge in [-0.1, -0.05) is 18.2 Å². The van der Waals surface area contributed by atoms with Gasteiger partial charge >= 0.3 is 6.18 Å². The normalized spacial score (nSPS) is 13.1. The van der Waals surface area contributed by atoms with Gasteiger partial charge in [-0.2, -0.15) is 13.2 Å². The first kappa shape index (κ1) is 18.2. The van der Waals surface area contributed by atoms with E-state index in [0.717, 1.165) is 12.1 Å². The van der Waals surface area contributed by atoms with Crippen LogP contribution < -0.4 is 5.32 Å². The topological polar surface area (TPSA) is 69.6 Å². The number of amides is 1. The molecule has 0 fully saturated rings. The standard InChI is InChI=1S/C15H18F3NO3/c1-10(7-13(22)19-14(2,8-20)9-21)11-5-3-4-6-12(11)15(16,17)18/h3-7,20-21H,8-9H2,1-2H3,(H,19,22)/b10-7+. The first-order valence-corrected chi connectivity index (χ1v) is 6.52. The quantitative estimate of drug-likeness (QED) is 0.727. The maximum atomic E-state index is 12.9. The largest absolute Gasteiger partial charge is 0.416 e. The van der Waals surface area contributed by atoms with Gasteiger partial charge in [-0.3, -0.25) is 4.79 Å². The van der Waals surface area contributed by atoms with E-state index in [1.807, 2.05) is 0 Å².